The van der Waals surface area contributed by atoms with E-state index < -0.39 is 0 Å². The monoisotopic (exact) mass is 306 g/mol. The third kappa shape index (κ3) is 5.73. The van der Waals surface area contributed by atoms with Gasteiger partial charge >= 0.3 is 11.9 Å². The Labute approximate surface area is 131 Å². The summed E-state index contributed by atoms with van der Waals surface area (Å²) in [6, 6.07) is 4.10. The predicted octanol–water partition coefficient (Wildman–Crippen LogP) is 2.20. The van der Waals surface area contributed by atoms with Crippen LogP contribution in [0, 0.1) is 46.3 Å². The van der Waals surface area contributed by atoms with Crippen LogP contribution in [0.1, 0.15) is 39.5 Å². The fourth-order valence-electron chi connectivity index (χ4n) is 2.26. The van der Waals surface area contributed by atoms with Gasteiger partial charge in [-0.2, -0.15) is 10.5 Å². The van der Waals surface area contributed by atoms with Crippen molar-refractivity contribution in [2.45, 2.75) is 39.5 Å². The van der Waals surface area contributed by atoms with Gasteiger partial charge in [-0.15, -0.1) is 0 Å². The van der Waals surface area contributed by atoms with Crippen LogP contribution in [0.25, 0.3) is 0 Å². The molecule has 2 aliphatic carbocycles. The molecular weight excluding hydrogens is 284 g/mol. The topological polar surface area (TPSA) is 100 Å². The van der Waals surface area contributed by atoms with E-state index in [0.29, 0.717) is 26.1 Å². The molecule has 2 aliphatic rings. The summed E-state index contributed by atoms with van der Waals surface area (Å²) in [6.07, 6.45) is 2.66. The Balaban J connectivity index is 0.000000220. The van der Waals surface area contributed by atoms with Gasteiger partial charge in [0, 0.05) is 12.8 Å². The van der Waals surface area contributed by atoms with Crippen molar-refractivity contribution in [3.05, 3.63) is 0 Å². The second kappa shape index (κ2) is 9.04. The van der Waals surface area contributed by atoms with Crippen molar-refractivity contribution < 1.29 is 19.1 Å². The molecule has 22 heavy (non-hydrogen) atoms. The fourth-order valence-corrected chi connectivity index (χ4v) is 2.26. The molecule has 6 heteroatoms. The number of nitriles is 2. The zero-order valence-electron chi connectivity index (χ0n) is 13.1. The van der Waals surface area contributed by atoms with E-state index in [1.807, 2.05) is 12.1 Å². The van der Waals surface area contributed by atoms with Crippen LogP contribution in [0.2, 0.25) is 0 Å². The van der Waals surface area contributed by atoms with Crippen LogP contribution >= 0.6 is 0 Å². The summed E-state index contributed by atoms with van der Waals surface area (Å²) < 4.78 is 9.59. The normalized spacial score (nSPS) is 27.3. The van der Waals surface area contributed by atoms with Gasteiger partial charge in [0.25, 0.3) is 0 Å². The second-order valence-electron chi connectivity index (χ2n) is 5.43. The first-order valence-electron chi connectivity index (χ1n) is 7.66. The molecule has 0 aromatic rings. The number of ether oxygens (including phenoxy) is 2. The number of carbonyl (C=O) groups is 2. The summed E-state index contributed by atoms with van der Waals surface area (Å²) in [6.45, 7) is 4.46. The van der Waals surface area contributed by atoms with E-state index in [1.165, 1.54) is 0 Å². The minimum atomic E-state index is -0.132. The van der Waals surface area contributed by atoms with E-state index >= 15 is 0 Å². The highest BCUT2D eigenvalue weighted by Gasteiger charge is 2.44. The molecule has 0 aromatic heterocycles. The van der Waals surface area contributed by atoms with Crippen LogP contribution in [-0.2, 0) is 19.1 Å². The maximum Gasteiger partial charge on any atom is 0.309 e. The van der Waals surface area contributed by atoms with Crippen LogP contribution in [0.5, 0.6) is 0 Å². The molecule has 2 fully saturated rings. The van der Waals surface area contributed by atoms with Crippen molar-refractivity contribution in [2.24, 2.45) is 23.7 Å². The lowest BCUT2D eigenvalue weighted by Crippen LogP contribution is -2.07. The first-order valence-corrected chi connectivity index (χ1v) is 7.66. The number of hydrogen-bond donors (Lipinski definition) is 0. The zero-order chi connectivity index (χ0) is 16.5. The highest BCUT2D eigenvalue weighted by atomic mass is 16.5. The molecule has 0 aromatic carbocycles. The van der Waals surface area contributed by atoms with Crippen molar-refractivity contribution in [1.29, 1.82) is 10.5 Å². The standard InChI is InChI=1S/2C8H11NO2/c2*1-2-11-8(10)7-5-6(7)3-4-9/h2*6-7H,2-3,5H2,1H3/t2*6-,7-/m10/s1. The Bertz CT molecular complexity index is 434. The SMILES string of the molecule is CCOC(=O)[C@@H]1C[C@H]1CC#N.CCOC(=O)[C@H]1C[C@@H]1CC#N. The van der Waals surface area contributed by atoms with Gasteiger partial charge in [0.15, 0.2) is 0 Å². The Morgan fingerprint density at radius 1 is 0.909 bits per heavy atom. The third-order valence-corrected chi connectivity index (χ3v) is 3.73. The first kappa shape index (κ1) is 18.0. The molecule has 120 valence electrons. The summed E-state index contributed by atoms with van der Waals surface area (Å²) in [4.78, 5) is 21.9. The van der Waals surface area contributed by atoms with Crippen LogP contribution in [0.15, 0.2) is 0 Å². The lowest BCUT2D eigenvalue weighted by molar-refractivity contribution is -0.145. The minimum Gasteiger partial charge on any atom is -0.466 e. The Kier molecular flexibility index (Phi) is 7.39. The summed E-state index contributed by atoms with van der Waals surface area (Å²) >= 11 is 0. The van der Waals surface area contributed by atoms with Gasteiger partial charge < -0.3 is 9.47 Å². The highest BCUT2D eigenvalue weighted by molar-refractivity contribution is 5.76. The van der Waals surface area contributed by atoms with E-state index in [4.69, 9.17) is 20.0 Å². The molecule has 0 saturated heterocycles. The zero-order valence-corrected chi connectivity index (χ0v) is 13.1. The molecule has 0 amide bonds. The largest absolute Gasteiger partial charge is 0.466 e. The molecule has 6 nitrogen and oxygen atoms in total. The van der Waals surface area contributed by atoms with Crippen LogP contribution in [0.3, 0.4) is 0 Å². The number of rotatable bonds is 6. The molecule has 0 unspecified atom stereocenters. The molecular formula is C16H22N2O4. The van der Waals surface area contributed by atoms with Gasteiger partial charge in [-0.05, 0) is 38.5 Å². The van der Waals surface area contributed by atoms with Crippen LogP contribution < -0.4 is 0 Å². The molecule has 0 N–H and O–H groups in total. The van der Waals surface area contributed by atoms with Crippen molar-refractivity contribution in [3.63, 3.8) is 0 Å². The highest BCUT2D eigenvalue weighted by Crippen LogP contribution is 2.42. The molecule has 0 radical (unpaired) electrons. The number of esters is 2. The van der Waals surface area contributed by atoms with Gasteiger partial charge in [0.1, 0.15) is 0 Å². The van der Waals surface area contributed by atoms with Gasteiger partial charge in [-0.25, -0.2) is 0 Å². The fraction of sp³-hybridized carbons (Fsp3) is 0.750. The lowest BCUT2D eigenvalue weighted by atomic mass is 10.2. The number of nitrogens with zero attached hydrogens (tertiary/aromatic N) is 2. The summed E-state index contributed by atoms with van der Waals surface area (Å²) in [5.74, 6) is 0.336. The maximum absolute atomic E-state index is 11.0. The number of carbonyl (C=O) groups excluding carboxylic acids is 2. The second-order valence-corrected chi connectivity index (χ2v) is 5.43. The molecule has 0 bridgehead atoms. The van der Waals surface area contributed by atoms with E-state index in [0.717, 1.165) is 12.8 Å². The summed E-state index contributed by atoms with van der Waals surface area (Å²) in [7, 11) is 0. The third-order valence-electron chi connectivity index (χ3n) is 3.73. The van der Waals surface area contributed by atoms with Gasteiger partial charge in [-0.1, -0.05) is 0 Å². The quantitative estimate of drug-likeness (QED) is 0.697. The van der Waals surface area contributed by atoms with Crippen LogP contribution in [0.4, 0.5) is 0 Å². The van der Waals surface area contributed by atoms with Gasteiger partial charge in [0.05, 0.1) is 37.2 Å². The summed E-state index contributed by atoms with van der Waals surface area (Å²) in [5, 5.41) is 16.6. The average molecular weight is 306 g/mol. The van der Waals surface area contributed by atoms with Crippen molar-refractivity contribution in [3.8, 4) is 12.1 Å². The van der Waals surface area contributed by atoms with E-state index in [9.17, 15) is 9.59 Å². The van der Waals surface area contributed by atoms with Crippen molar-refractivity contribution in [2.75, 3.05) is 13.2 Å². The van der Waals surface area contributed by atoms with Gasteiger partial charge in [-0.3, -0.25) is 9.59 Å². The number of hydrogen-bond acceptors (Lipinski definition) is 6. The summed E-state index contributed by atoms with van der Waals surface area (Å²) in [5.41, 5.74) is 0. The average Bonchev–Trinajstić information content (AvgIpc) is 3.37. The van der Waals surface area contributed by atoms with E-state index in [-0.39, 0.29) is 35.6 Å². The maximum atomic E-state index is 11.0. The van der Waals surface area contributed by atoms with Crippen molar-refractivity contribution in [1.82, 2.24) is 0 Å². The van der Waals surface area contributed by atoms with Crippen LogP contribution in [-0.4, -0.2) is 25.2 Å². The minimum absolute atomic E-state index is 0.0228. The first-order chi connectivity index (χ1) is 10.6. The van der Waals surface area contributed by atoms with E-state index in [1.54, 1.807) is 13.8 Å². The smallest absolute Gasteiger partial charge is 0.309 e. The molecule has 2 rings (SSSR count). The van der Waals surface area contributed by atoms with Gasteiger partial charge in [0.2, 0.25) is 0 Å². The Hall–Kier alpha value is -2.08. The van der Waals surface area contributed by atoms with Crippen molar-refractivity contribution >= 4 is 11.9 Å². The molecule has 2 saturated carbocycles. The lowest BCUT2D eigenvalue weighted by Gasteiger charge is -1.97. The molecule has 0 aliphatic heterocycles. The molecule has 4 atom stereocenters. The molecule has 0 spiro atoms. The Morgan fingerprint density at radius 3 is 1.55 bits per heavy atom. The molecule has 0 heterocycles. The predicted molar refractivity (Wildman–Crippen MR) is 76.9 cm³/mol. The van der Waals surface area contributed by atoms with E-state index in [2.05, 4.69) is 0 Å². The Morgan fingerprint density at radius 2 is 1.27 bits per heavy atom.